The Morgan fingerprint density at radius 1 is 1.28 bits per heavy atom. The van der Waals surface area contributed by atoms with Gasteiger partial charge in [-0.1, -0.05) is 20.8 Å². The van der Waals surface area contributed by atoms with Crippen molar-refractivity contribution in [3.8, 4) is 0 Å². The zero-order valence-corrected chi connectivity index (χ0v) is 11.5. The molecule has 2 N–H and O–H groups in total. The number of rotatable bonds is 5. The Hall–Kier alpha value is -1.26. The van der Waals surface area contributed by atoms with E-state index in [0.717, 1.165) is 25.7 Å². The molecule has 0 aromatic carbocycles. The lowest BCUT2D eigenvalue weighted by atomic mass is 9.90. The molecule has 0 saturated carbocycles. The second-order valence-electron chi connectivity index (χ2n) is 4.96. The number of carboxylic acids is 1. The van der Waals surface area contributed by atoms with Crippen LogP contribution in [0.2, 0.25) is 0 Å². The standard InChI is InChI=1S/C13H24N2O3/c1-4-13(5-2,6-3)14-12(18)15-9-7-8-10(15)11(16)17/h10H,4-9H2,1-3H3,(H,14,18)(H,16,17)/t10-/m1/s1. The Labute approximate surface area is 109 Å². The van der Waals surface area contributed by atoms with E-state index in [2.05, 4.69) is 5.32 Å². The van der Waals surface area contributed by atoms with E-state index in [4.69, 9.17) is 5.11 Å². The van der Waals surface area contributed by atoms with Crippen molar-refractivity contribution in [2.45, 2.75) is 64.5 Å². The topological polar surface area (TPSA) is 69.6 Å². The number of hydrogen-bond acceptors (Lipinski definition) is 2. The summed E-state index contributed by atoms with van der Waals surface area (Å²) in [6, 6.07) is -0.890. The van der Waals surface area contributed by atoms with E-state index < -0.39 is 12.0 Å². The number of likely N-dealkylation sites (tertiary alicyclic amines) is 1. The Balaban J connectivity index is 2.72. The van der Waals surface area contributed by atoms with E-state index in [0.29, 0.717) is 13.0 Å². The first-order valence-corrected chi connectivity index (χ1v) is 6.81. The summed E-state index contributed by atoms with van der Waals surface area (Å²) in [7, 11) is 0. The summed E-state index contributed by atoms with van der Waals surface area (Å²) in [5.41, 5.74) is -0.206. The van der Waals surface area contributed by atoms with Gasteiger partial charge >= 0.3 is 12.0 Å². The highest BCUT2D eigenvalue weighted by molar-refractivity contribution is 5.83. The molecule has 1 heterocycles. The first kappa shape index (κ1) is 14.8. The van der Waals surface area contributed by atoms with Crippen LogP contribution >= 0.6 is 0 Å². The summed E-state index contributed by atoms with van der Waals surface area (Å²) in [5.74, 6) is -0.905. The molecule has 2 amide bonds. The van der Waals surface area contributed by atoms with Crippen LogP contribution in [0, 0.1) is 0 Å². The maximum absolute atomic E-state index is 12.2. The Bertz CT molecular complexity index is 305. The highest BCUT2D eigenvalue weighted by Crippen LogP contribution is 2.22. The normalized spacial score (nSPS) is 19.9. The maximum Gasteiger partial charge on any atom is 0.326 e. The lowest BCUT2D eigenvalue weighted by Crippen LogP contribution is -2.54. The van der Waals surface area contributed by atoms with E-state index in [1.165, 1.54) is 4.90 Å². The summed E-state index contributed by atoms with van der Waals surface area (Å²) in [6.07, 6.45) is 3.90. The second kappa shape index (κ2) is 6.07. The van der Waals surface area contributed by atoms with Crippen molar-refractivity contribution >= 4 is 12.0 Å². The molecular formula is C13H24N2O3. The zero-order chi connectivity index (χ0) is 13.8. The molecule has 0 radical (unpaired) electrons. The molecule has 18 heavy (non-hydrogen) atoms. The third-order valence-corrected chi connectivity index (χ3v) is 4.20. The van der Waals surface area contributed by atoms with E-state index in [1.807, 2.05) is 20.8 Å². The van der Waals surface area contributed by atoms with Gasteiger partial charge in [0.2, 0.25) is 0 Å². The molecule has 1 aliphatic heterocycles. The third-order valence-electron chi connectivity index (χ3n) is 4.20. The number of nitrogens with zero attached hydrogens (tertiary/aromatic N) is 1. The first-order chi connectivity index (χ1) is 8.49. The fourth-order valence-electron chi connectivity index (χ4n) is 2.58. The van der Waals surface area contributed by atoms with Crippen LogP contribution in [0.4, 0.5) is 4.79 Å². The maximum atomic E-state index is 12.2. The van der Waals surface area contributed by atoms with Crippen molar-refractivity contribution in [1.82, 2.24) is 10.2 Å². The van der Waals surface area contributed by atoms with Gasteiger partial charge < -0.3 is 15.3 Å². The van der Waals surface area contributed by atoms with Crippen LogP contribution in [0.15, 0.2) is 0 Å². The molecule has 104 valence electrons. The average Bonchev–Trinajstić information content (AvgIpc) is 2.85. The number of amides is 2. The molecule has 1 rings (SSSR count). The quantitative estimate of drug-likeness (QED) is 0.792. The highest BCUT2D eigenvalue weighted by atomic mass is 16.4. The largest absolute Gasteiger partial charge is 0.480 e. The predicted molar refractivity (Wildman–Crippen MR) is 69.5 cm³/mol. The van der Waals surface area contributed by atoms with Crippen LogP contribution in [0.25, 0.3) is 0 Å². The molecule has 0 aromatic heterocycles. The van der Waals surface area contributed by atoms with Crippen LogP contribution in [0.3, 0.4) is 0 Å². The molecular weight excluding hydrogens is 232 g/mol. The van der Waals surface area contributed by atoms with Crippen molar-refractivity contribution in [1.29, 1.82) is 0 Å². The van der Waals surface area contributed by atoms with E-state index in [-0.39, 0.29) is 11.6 Å². The minimum atomic E-state index is -0.905. The van der Waals surface area contributed by atoms with Crippen molar-refractivity contribution < 1.29 is 14.7 Å². The summed E-state index contributed by atoms with van der Waals surface area (Å²) >= 11 is 0. The van der Waals surface area contributed by atoms with Gasteiger partial charge in [-0.3, -0.25) is 0 Å². The monoisotopic (exact) mass is 256 g/mol. The lowest BCUT2D eigenvalue weighted by molar-refractivity contribution is -0.141. The first-order valence-electron chi connectivity index (χ1n) is 6.81. The minimum absolute atomic E-state index is 0.206. The SMILES string of the molecule is CCC(CC)(CC)NC(=O)N1CCC[C@@H]1C(=O)O. The third kappa shape index (κ3) is 2.94. The van der Waals surface area contributed by atoms with Crippen molar-refractivity contribution in [3.63, 3.8) is 0 Å². The molecule has 1 aliphatic rings. The van der Waals surface area contributed by atoms with Crippen molar-refractivity contribution in [3.05, 3.63) is 0 Å². The molecule has 0 aliphatic carbocycles. The Morgan fingerprint density at radius 3 is 2.28 bits per heavy atom. The summed E-state index contributed by atoms with van der Waals surface area (Å²) in [5, 5.41) is 12.1. The van der Waals surface area contributed by atoms with Gasteiger partial charge in [0, 0.05) is 12.1 Å². The zero-order valence-electron chi connectivity index (χ0n) is 11.5. The van der Waals surface area contributed by atoms with E-state index in [1.54, 1.807) is 0 Å². The van der Waals surface area contributed by atoms with Gasteiger partial charge in [0.1, 0.15) is 6.04 Å². The van der Waals surface area contributed by atoms with Gasteiger partial charge in [-0.25, -0.2) is 9.59 Å². The van der Waals surface area contributed by atoms with Gasteiger partial charge in [0.05, 0.1) is 0 Å². The van der Waals surface area contributed by atoms with Gasteiger partial charge in [0.25, 0.3) is 0 Å². The van der Waals surface area contributed by atoms with Crippen LogP contribution < -0.4 is 5.32 Å². The number of carbonyl (C=O) groups is 2. The molecule has 0 aromatic rings. The van der Waals surface area contributed by atoms with Gasteiger partial charge in [0.15, 0.2) is 0 Å². The number of hydrogen-bond donors (Lipinski definition) is 2. The molecule has 1 saturated heterocycles. The molecule has 0 spiro atoms. The summed E-state index contributed by atoms with van der Waals surface area (Å²) in [6.45, 7) is 6.68. The van der Waals surface area contributed by atoms with Crippen LogP contribution in [-0.2, 0) is 4.79 Å². The molecule has 1 fully saturated rings. The van der Waals surface area contributed by atoms with Crippen LogP contribution in [0.1, 0.15) is 52.9 Å². The highest BCUT2D eigenvalue weighted by Gasteiger charge is 2.36. The second-order valence-corrected chi connectivity index (χ2v) is 4.96. The molecule has 0 bridgehead atoms. The number of aliphatic carboxylic acids is 1. The predicted octanol–water partition coefficient (Wildman–Crippen LogP) is 2.21. The van der Waals surface area contributed by atoms with Gasteiger partial charge in [-0.15, -0.1) is 0 Å². The smallest absolute Gasteiger partial charge is 0.326 e. The lowest BCUT2D eigenvalue weighted by Gasteiger charge is -2.34. The number of carboxylic acid groups (broad SMARTS) is 1. The fourth-order valence-corrected chi connectivity index (χ4v) is 2.58. The number of urea groups is 1. The molecule has 5 nitrogen and oxygen atoms in total. The Kier molecular flexibility index (Phi) is 4.99. The van der Waals surface area contributed by atoms with E-state index in [9.17, 15) is 9.59 Å². The van der Waals surface area contributed by atoms with Crippen LogP contribution in [-0.4, -0.2) is 40.1 Å². The number of carbonyl (C=O) groups excluding carboxylic acids is 1. The molecule has 0 unspecified atom stereocenters. The van der Waals surface area contributed by atoms with Gasteiger partial charge in [-0.2, -0.15) is 0 Å². The summed E-state index contributed by atoms with van der Waals surface area (Å²) in [4.78, 5) is 24.7. The summed E-state index contributed by atoms with van der Waals surface area (Å²) < 4.78 is 0. The number of nitrogens with one attached hydrogen (secondary N) is 1. The van der Waals surface area contributed by atoms with Crippen molar-refractivity contribution in [2.24, 2.45) is 0 Å². The Morgan fingerprint density at radius 2 is 1.83 bits per heavy atom. The van der Waals surface area contributed by atoms with Gasteiger partial charge in [-0.05, 0) is 32.1 Å². The minimum Gasteiger partial charge on any atom is -0.480 e. The molecule has 5 heteroatoms. The van der Waals surface area contributed by atoms with Crippen LogP contribution in [0.5, 0.6) is 0 Å². The molecule has 1 atom stereocenters. The van der Waals surface area contributed by atoms with Crippen molar-refractivity contribution in [2.75, 3.05) is 6.54 Å². The fraction of sp³-hybridized carbons (Fsp3) is 0.846. The van der Waals surface area contributed by atoms with E-state index >= 15 is 0 Å². The average molecular weight is 256 g/mol.